The lowest BCUT2D eigenvalue weighted by atomic mass is 9.93. The maximum absolute atomic E-state index is 14.7. The van der Waals surface area contributed by atoms with Crippen molar-refractivity contribution in [2.24, 2.45) is 22.7 Å². The van der Waals surface area contributed by atoms with Gasteiger partial charge in [0, 0.05) is 24.3 Å². The van der Waals surface area contributed by atoms with Crippen LogP contribution in [0.2, 0.25) is 5.15 Å². The van der Waals surface area contributed by atoms with Crippen molar-refractivity contribution >= 4 is 33.3 Å². The topological polar surface area (TPSA) is 140 Å². The number of anilines is 1. The smallest absolute Gasteiger partial charge is 0.281 e. The fraction of sp³-hybridized carbons (Fsp3) is 0.562. The van der Waals surface area contributed by atoms with Crippen molar-refractivity contribution in [1.82, 2.24) is 29.8 Å². The third-order valence-electron chi connectivity index (χ3n) is 10.3. The molecule has 0 bridgehead atoms. The molecule has 3 aromatic heterocycles. The van der Waals surface area contributed by atoms with E-state index in [9.17, 15) is 17.6 Å². The first kappa shape index (κ1) is 31.3. The van der Waals surface area contributed by atoms with Gasteiger partial charge >= 0.3 is 0 Å². The van der Waals surface area contributed by atoms with Crippen molar-refractivity contribution in [3.63, 3.8) is 0 Å². The first-order valence-electron chi connectivity index (χ1n) is 15.9. The van der Waals surface area contributed by atoms with Crippen molar-refractivity contribution < 1.29 is 22.3 Å². The van der Waals surface area contributed by atoms with Crippen LogP contribution >= 0.6 is 11.6 Å². The van der Waals surface area contributed by atoms with E-state index < -0.39 is 27.1 Å². The molecule has 1 saturated heterocycles. The van der Waals surface area contributed by atoms with Crippen LogP contribution < -0.4 is 20.1 Å². The van der Waals surface area contributed by atoms with Crippen molar-refractivity contribution in [2.45, 2.75) is 75.5 Å². The zero-order valence-corrected chi connectivity index (χ0v) is 27.5. The fourth-order valence-corrected chi connectivity index (χ4v) is 9.05. The molecule has 0 aromatic carbocycles. The van der Waals surface area contributed by atoms with Crippen molar-refractivity contribution in [3.8, 4) is 11.7 Å². The van der Waals surface area contributed by atoms with Gasteiger partial charge in [-0.2, -0.15) is 8.42 Å². The number of sulfonamides is 1. The molecule has 0 radical (unpaired) electrons. The minimum absolute atomic E-state index is 0.00165. The number of fused-ring (bicyclic) bond motifs is 1. The lowest BCUT2D eigenvalue weighted by Gasteiger charge is -2.18. The number of hydrogen-bond donors (Lipinski definition) is 3. The number of carbonyl (C=O) groups excluding carboxylic acids is 1. The van der Waals surface area contributed by atoms with Gasteiger partial charge in [-0.25, -0.2) is 23.8 Å². The van der Waals surface area contributed by atoms with Crippen LogP contribution in [0.3, 0.4) is 0 Å². The highest BCUT2D eigenvalue weighted by Gasteiger charge is 2.85. The van der Waals surface area contributed by atoms with Gasteiger partial charge in [0.2, 0.25) is 5.88 Å². The van der Waals surface area contributed by atoms with Crippen LogP contribution in [-0.2, 0) is 10.0 Å². The maximum Gasteiger partial charge on any atom is 0.281 e. The number of alkyl halides is 1. The number of amides is 1. The monoisotopic (exact) mass is 671 g/mol. The van der Waals surface area contributed by atoms with E-state index >= 15 is 0 Å². The first-order valence-corrected chi connectivity index (χ1v) is 17.8. The van der Waals surface area contributed by atoms with E-state index in [1.165, 1.54) is 54.6 Å². The first-order chi connectivity index (χ1) is 21.9. The summed E-state index contributed by atoms with van der Waals surface area (Å²) in [7, 11) is -4.37. The molecule has 1 amide bonds. The van der Waals surface area contributed by atoms with Gasteiger partial charge in [0.25, 0.3) is 15.9 Å². The zero-order valence-electron chi connectivity index (χ0n) is 25.9. The van der Waals surface area contributed by atoms with Crippen molar-refractivity contribution in [1.29, 1.82) is 0 Å². The molecule has 2 spiro atoms. The molecule has 14 heteroatoms. The SMILES string of the molecule is CC1(C)CC(CC(F)CNc2cccc(S(=O)(=O)NC(=O)c3ccc(-n4ccc(OCCC5C6(CC6)C56CC6)n4)nc3Cl)n2)CN1. The highest BCUT2D eigenvalue weighted by atomic mass is 35.5. The predicted octanol–water partition coefficient (Wildman–Crippen LogP) is 4.92. The van der Waals surface area contributed by atoms with E-state index in [0.717, 1.165) is 25.3 Å². The molecule has 7 rings (SSSR count). The summed E-state index contributed by atoms with van der Waals surface area (Å²) in [4.78, 5) is 21.3. The third-order valence-corrected chi connectivity index (χ3v) is 11.9. The molecule has 3 aromatic rings. The summed E-state index contributed by atoms with van der Waals surface area (Å²) >= 11 is 6.31. The molecular weight excluding hydrogens is 633 g/mol. The van der Waals surface area contributed by atoms with Gasteiger partial charge in [-0.3, -0.25) is 4.79 Å². The Kier molecular flexibility index (Phi) is 7.79. The van der Waals surface area contributed by atoms with Crippen LogP contribution in [0.4, 0.5) is 10.2 Å². The van der Waals surface area contributed by atoms with Gasteiger partial charge in [0.05, 0.1) is 12.2 Å². The summed E-state index contributed by atoms with van der Waals surface area (Å²) in [6.45, 7) is 5.56. The average molecular weight is 672 g/mol. The second-order valence-corrected chi connectivity index (χ2v) is 15.9. The normalized spacial score (nSPS) is 22.5. The number of nitrogens with one attached hydrogen (secondary N) is 3. The number of ether oxygens (including phenoxy) is 1. The van der Waals surface area contributed by atoms with Gasteiger partial charge in [0.1, 0.15) is 17.1 Å². The highest BCUT2D eigenvalue weighted by Crippen LogP contribution is 2.93. The quantitative estimate of drug-likeness (QED) is 0.216. The van der Waals surface area contributed by atoms with E-state index in [0.29, 0.717) is 35.6 Å². The van der Waals surface area contributed by atoms with Gasteiger partial charge in [-0.05, 0) is 112 Å². The second kappa shape index (κ2) is 11.4. The van der Waals surface area contributed by atoms with Crippen molar-refractivity contribution in [2.75, 3.05) is 25.0 Å². The Bertz CT molecular complexity index is 1740. The summed E-state index contributed by atoms with van der Waals surface area (Å²) in [5, 5.41) is 10.1. The number of aromatic nitrogens is 4. The second-order valence-electron chi connectivity index (χ2n) is 14.0. The number of carbonyl (C=O) groups is 1. The Morgan fingerprint density at radius 2 is 1.91 bits per heavy atom. The van der Waals surface area contributed by atoms with Crippen LogP contribution in [-0.4, -0.2) is 65.5 Å². The summed E-state index contributed by atoms with van der Waals surface area (Å²) in [5.74, 6) is 1.06. The summed E-state index contributed by atoms with van der Waals surface area (Å²) in [5.41, 5.74) is 1.16. The number of hydrogen-bond acceptors (Lipinski definition) is 9. The average Bonchev–Trinajstić information content (AvgIpc) is 3.96. The van der Waals surface area contributed by atoms with Gasteiger partial charge in [-0.15, -0.1) is 5.10 Å². The lowest BCUT2D eigenvalue weighted by Crippen LogP contribution is -2.31. The van der Waals surface area contributed by atoms with Gasteiger partial charge in [-0.1, -0.05) is 17.7 Å². The number of rotatable bonds is 13. The molecule has 4 heterocycles. The van der Waals surface area contributed by atoms with Crippen LogP contribution in [0.1, 0.15) is 69.2 Å². The fourth-order valence-electron chi connectivity index (χ4n) is 7.88. The van der Waals surface area contributed by atoms with E-state index in [1.54, 1.807) is 18.3 Å². The van der Waals surface area contributed by atoms with E-state index in [4.69, 9.17) is 16.3 Å². The molecule has 3 aliphatic carbocycles. The zero-order chi connectivity index (χ0) is 32.3. The van der Waals surface area contributed by atoms with E-state index in [-0.39, 0.29) is 34.5 Å². The molecule has 11 nitrogen and oxygen atoms in total. The van der Waals surface area contributed by atoms with Crippen LogP contribution in [0.15, 0.2) is 47.6 Å². The molecule has 4 fully saturated rings. The van der Waals surface area contributed by atoms with Crippen LogP contribution in [0.5, 0.6) is 5.88 Å². The molecular formula is C32H39ClFN7O4S. The van der Waals surface area contributed by atoms with E-state index in [1.807, 2.05) is 4.72 Å². The minimum Gasteiger partial charge on any atom is -0.477 e. The van der Waals surface area contributed by atoms with E-state index in [2.05, 4.69) is 39.5 Å². The third kappa shape index (κ3) is 6.09. The molecule has 246 valence electrons. The Labute approximate surface area is 273 Å². The summed E-state index contributed by atoms with van der Waals surface area (Å²) < 4.78 is 50.1. The Hall–Kier alpha value is -3.29. The molecule has 4 aliphatic rings. The minimum atomic E-state index is -4.37. The number of halogens is 2. The van der Waals surface area contributed by atoms with Gasteiger partial charge < -0.3 is 15.4 Å². The Balaban J connectivity index is 0.920. The van der Waals surface area contributed by atoms with Crippen LogP contribution in [0.25, 0.3) is 5.82 Å². The largest absolute Gasteiger partial charge is 0.477 e. The van der Waals surface area contributed by atoms with Crippen molar-refractivity contribution in [3.05, 3.63) is 53.3 Å². The molecule has 2 atom stereocenters. The highest BCUT2D eigenvalue weighted by molar-refractivity contribution is 7.90. The lowest BCUT2D eigenvalue weighted by molar-refractivity contribution is 0.0981. The number of pyridine rings is 2. The predicted molar refractivity (Wildman–Crippen MR) is 170 cm³/mol. The molecule has 1 aliphatic heterocycles. The standard InChI is InChI=1S/C32H39ClFN7O4S/c1-30(2)17-20(18-36-30)16-21(34)19-35-24-4-3-5-27(37-24)46(43,44)40-29(42)22-6-7-25(38-28(22)33)41-14-8-26(39-41)45-15-9-23-31(10-11-31)32(23)12-13-32/h3-8,14,20-21,23,36H,9-13,15-19H2,1-2H3,(H,35,37)(H,40,42). The number of nitrogens with zero attached hydrogens (tertiary/aromatic N) is 4. The Morgan fingerprint density at radius 1 is 1.15 bits per heavy atom. The molecule has 2 unspecified atom stereocenters. The molecule has 3 saturated carbocycles. The summed E-state index contributed by atoms with van der Waals surface area (Å²) in [6.07, 6.45) is 8.39. The molecule has 3 N–H and O–H groups in total. The van der Waals surface area contributed by atoms with Gasteiger partial charge in [0.15, 0.2) is 10.8 Å². The molecule has 46 heavy (non-hydrogen) atoms. The maximum atomic E-state index is 14.7. The Morgan fingerprint density at radius 3 is 2.59 bits per heavy atom. The van der Waals surface area contributed by atoms with Crippen LogP contribution in [0, 0.1) is 22.7 Å². The summed E-state index contributed by atoms with van der Waals surface area (Å²) in [6, 6.07) is 8.89.